The Labute approximate surface area is 128 Å². The van der Waals surface area contributed by atoms with Crippen molar-refractivity contribution in [1.82, 2.24) is 25.7 Å². The number of nitrogens with one attached hydrogen (secondary N) is 2. The lowest BCUT2D eigenvalue weighted by molar-refractivity contribution is -0.137. The van der Waals surface area contributed by atoms with Crippen LogP contribution in [0.3, 0.4) is 0 Å². The van der Waals surface area contributed by atoms with Gasteiger partial charge in [0.05, 0.1) is 17.3 Å². The van der Waals surface area contributed by atoms with Crippen molar-refractivity contribution in [3.8, 4) is 0 Å². The van der Waals surface area contributed by atoms with Crippen molar-refractivity contribution >= 4 is 0 Å². The predicted molar refractivity (Wildman–Crippen MR) is 73.0 cm³/mol. The molecule has 2 heterocycles. The summed E-state index contributed by atoms with van der Waals surface area (Å²) in [7, 11) is 0. The first-order valence-corrected chi connectivity index (χ1v) is 6.69. The van der Waals surface area contributed by atoms with Crippen LogP contribution in [0.4, 0.5) is 13.2 Å². The molecule has 23 heavy (non-hydrogen) atoms. The highest BCUT2D eigenvalue weighted by Gasteiger charge is 2.31. The van der Waals surface area contributed by atoms with Crippen LogP contribution in [0.15, 0.2) is 47.4 Å². The van der Waals surface area contributed by atoms with Gasteiger partial charge in [0.15, 0.2) is 0 Å². The van der Waals surface area contributed by atoms with E-state index in [1.165, 1.54) is 18.7 Å². The average Bonchev–Trinajstić information content (AvgIpc) is 3.20. The number of H-pyrrole nitrogens is 1. The monoisotopic (exact) mass is 323 g/mol. The zero-order chi connectivity index (χ0) is 16.3. The molecule has 0 aliphatic carbocycles. The minimum Gasteiger partial charge on any atom is -0.364 e. The quantitative estimate of drug-likeness (QED) is 0.755. The molecule has 0 saturated carbocycles. The summed E-state index contributed by atoms with van der Waals surface area (Å²) in [6, 6.07) is 6.15. The molecule has 0 saturated heterocycles. The molecule has 3 rings (SSSR count). The molecule has 0 amide bonds. The van der Waals surface area contributed by atoms with Crippen LogP contribution >= 0.6 is 0 Å². The topological polar surface area (TPSA) is 79.6 Å². The Kier molecular flexibility index (Phi) is 4.11. The second kappa shape index (κ2) is 6.21. The van der Waals surface area contributed by atoms with Gasteiger partial charge in [-0.3, -0.25) is 10.4 Å². The Morgan fingerprint density at radius 1 is 1.26 bits per heavy atom. The van der Waals surface area contributed by atoms with Gasteiger partial charge in [-0.25, -0.2) is 4.98 Å². The molecule has 0 bridgehead atoms. The van der Waals surface area contributed by atoms with Crippen molar-refractivity contribution in [2.75, 3.05) is 0 Å². The summed E-state index contributed by atoms with van der Waals surface area (Å²) in [5, 5.41) is 13.3. The number of aromatic nitrogens is 4. The Hall–Kier alpha value is -2.68. The van der Waals surface area contributed by atoms with Crippen molar-refractivity contribution in [2.45, 2.75) is 18.8 Å². The zero-order valence-corrected chi connectivity index (χ0v) is 11.7. The molecule has 0 aliphatic heterocycles. The number of halogens is 3. The van der Waals surface area contributed by atoms with Crippen LogP contribution in [0.25, 0.3) is 0 Å². The van der Waals surface area contributed by atoms with Crippen LogP contribution in [0.2, 0.25) is 0 Å². The molecular formula is C14H12F3N5O. The van der Waals surface area contributed by atoms with Gasteiger partial charge in [0.25, 0.3) is 0 Å². The maximum Gasteiger partial charge on any atom is 0.416 e. The van der Waals surface area contributed by atoms with E-state index in [0.29, 0.717) is 23.6 Å². The summed E-state index contributed by atoms with van der Waals surface area (Å²) < 4.78 is 43.4. The van der Waals surface area contributed by atoms with Crippen LogP contribution in [0, 0.1) is 0 Å². The number of benzene rings is 1. The fourth-order valence-electron chi connectivity index (χ4n) is 2.16. The Balaban J connectivity index is 1.89. The molecule has 0 spiro atoms. The van der Waals surface area contributed by atoms with Gasteiger partial charge in [-0.1, -0.05) is 17.3 Å². The second-order valence-corrected chi connectivity index (χ2v) is 4.80. The Bertz CT molecular complexity index is 740. The molecule has 9 heteroatoms. The van der Waals surface area contributed by atoms with E-state index in [9.17, 15) is 13.2 Å². The SMILES string of the molecule is FC(F)(F)c1cccc([C@@H](NCc2ccon2)c2ncn[nH]2)c1. The van der Waals surface area contributed by atoms with Gasteiger partial charge >= 0.3 is 6.18 Å². The second-order valence-electron chi connectivity index (χ2n) is 4.80. The van der Waals surface area contributed by atoms with Crippen LogP contribution in [-0.4, -0.2) is 20.3 Å². The highest BCUT2D eigenvalue weighted by Crippen LogP contribution is 2.31. The van der Waals surface area contributed by atoms with Gasteiger partial charge in [0, 0.05) is 12.6 Å². The van der Waals surface area contributed by atoms with Gasteiger partial charge in [-0.15, -0.1) is 0 Å². The molecule has 120 valence electrons. The number of aromatic amines is 1. The number of hydrogen-bond donors (Lipinski definition) is 2. The zero-order valence-electron chi connectivity index (χ0n) is 11.7. The van der Waals surface area contributed by atoms with E-state index >= 15 is 0 Å². The lowest BCUT2D eigenvalue weighted by Crippen LogP contribution is -2.24. The third-order valence-electron chi connectivity index (χ3n) is 3.23. The van der Waals surface area contributed by atoms with E-state index in [-0.39, 0.29) is 0 Å². The first kappa shape index (κ1) is 15.2. The summed E-state index contributed by atoms with van der Waals surface area (Å²) in [5.74, 6) is 0.410. The molecule has 0 fully saturated rings. The molecule has 2 N–H and O–H groups in total. The van der Waals surface area contributed by atoms with Gasteiger partial charge in [0.1, 0.15) is 18.4 Å². The number of rotatable bonds is 5. The van der Waals surface area contributed by atoms with Gasteiger partial charge in [0.2, 0.25) is 0 Å². The van der Waals surface area contributed by atoms with E-state index in [1.54, 1.807) is 12.1 Å². The third-order valence-corrected chi connectivity index (χ3v) is 3.23. The van der Waals surface area contributed by atoms with Gasteiger partial charge in [-0.05, 0) is 17.7 Å². The highest BCUT2D eigenvalue weighted by atomic mass is 19.4. The van der Waals surface area contributed by atoms with Crippen LogP contribution in [0.5, 0.6) is 0 Å². The summed E-state index contributed by atoms with van der Waals surface area (Å²) in [6.07, 6.45) is -1.69. The molecule has 6 nitrogen and oxygen atoms in total. The molecule has 1 atom stereocenters. The first-order valence-electron chi connectivity index (χ1n) is 6.69. The largest absolute Gasteiger partial charge is 0.416 e. The number of nitrogens with zero attached hydrogens (tertiary/aromatic N) is 3. The third kappa shape index (κ3) is 3.57. The van der Waals surface area contributed by atoms with Crippen molar-refractivity contribution in [1.29, 1.82) is 0 Å². The highest BCUT2D eigenvalue weighted by molar-refractivity contribution is 5.31. The van der Waals surface area contributed by atoms with Crippen LogP contribution in [0.1, 0.15) is 28.7 Å². The number of alkyl halides is 3. The van der Waals surface area contributed by atoms with E-state index in [4.69, 9.17) is 4.52 Å². The van der Waals surface area contributed by atoms with Crippen molar-refractivity contribution in [3.05, 3.63) is 65.6 Å². The Morgan fingerprint density at radius 2 is 2.13 bits per heavy atom. The molecule has 0 aliphatic rings. The summed E-state index contributed by atoms with van der Waals surface area (Å²) in [4.78, 5) is 4.03. The standard InChI is InChI=1S/C14H12F3N5O/c15-14(16,17)10-3-1-2-9(6-10)12(13-19-8-20-21-13)18-7-11-4-5-23-22-11/h1-6,8,12,18H,7H2,(H,19,20,21)/t12-/m1/s1. The fourth-order valence-corrected chi connectivity index (χ4v) is 2.16. The van der Waals surface area contributed by atoms with E-state index < -0.39 is 17.8 Å². The lowest BCUT2D eigenvalue weighted by Gasteiger charge is -2.17. The minimum absolute atomic E-state index is 0.304. The summed E-state index contributed by atoms with van der Waals surface area (Å²) >= 11 is 0. The maximum absolute atomic E-state index is 12.9. The molecule has 0 radical (unpaired) electrons. The summed E-state index contributed by atoms with van der Waals surface area (Å²) in [6.45, 7) is 0.304. The normalized spacial score (nSPS) is 13.2. The molecule has 1 aromatic carbocycles. The van der Waals surface area contributed by atoms with Crippen LogP contribution < -0.4 is 5.32 Å². The molecule has 0 unspecified atom stereocenters. The molecule has 3 aromatic rings. The maximum atomic E-state index is 12.9. The van der Waals surface area contributed by atoms with Crippen molar-refractivity contribution in [2.24, 2.45) is 0 Å². The van der Waals surface area contributed by atoms with E-state index in [0.717, 1.165) is 12.1 Å². The lowest BCUT2D eigenvalue weighted by atomic mass is 10.0. The van der Waals surface area contributed by atoms with Crippen LogP contribution in [-0.2, 0) is 12.7 Å². The van der Waals surface area contributed by atoms with Gasteiger partial charge < -0.3 is 4.52 Å². The van der Waals surface area contributed by atoms with Crippen molar-refractivity contribution < 1.29 is 17.7 Å². The minimum atomic E-state index is -4.41. The number of hydrogen-bond acceptors (Lipinski definition) is 5. The van der Waals surface area contributed by atoms with Crippen molar-refractivity contribution in [3.63, 3.8) is 0 Å². The fraction of sp³-hybridized carbons (Fsp3) is 0.214. The van der Waals surface area contributed by atoms with E-state index in [1.807, 2.05) is 0 Å². The molecular weight excluding hydrogens is 311 g/mol. The smallest absolute Gasteiger partial charge is 0.364 e. The van der Waals surface area contributed by atoms with E-state index in [2.05, 4.69) is 25.7 Å². The predicted octanol–water partition coefficient (Wildman–Crippen LogP) is 2.69. The molecule has 2 aromatic heterocycles. The van der Waals surface area contributed by atoms with Gasteiger partial charge in [-0.2, -0.15) is 18.3 Å². The first-order chi connectivity index (χ1) is 11.0. The average molecular weight is 323 g/mol. The Morgan fingerprint density at radius 3 is 2.78 bits per heavy atom. The summed E-state index contributed by atoms with van der Waals surface area (Å²) in [5.41, 5.74) is 0.323.